The second-order valence-electron chi connectivity index (χ2n) is 3.15. The number of carbonyl (C=O) groups is 1. The predicted molar refractivity (Wildman–Crippen MR) is 69.0 cm³/mol. The molecular weight excluding hydrogens is 312 g/mol. The van der Waals surface area contributed by atoms with Crippen molar-refractivity contribution in [3.63, 3.8) is 0 Å². The van der Waals surface area contributed by atoms with Crippen LogP contribution in [0.3, 0.4) is 0 Å². The molecule has 0 radical (unpaired) electrons. The number of halogens is 1. The van der Waals surface area contributed by atoms with Crippen molar-refractivity contribution in [3.05, 3.63) is 16.4 Å². The van der Waals surface area contributed by atoms with Gasteiger partial charge in [-0.1, -0.05) is 0 Å². The average Bonchev–Trinajstić information content (AvgIpc) is 2.74. The van der Waals surface area contributed by atoms with Gasteiger partial charge in [-0.05, 0) is 23.4 Å². The number of nitrogens with zero attached hydrogens (tertiary/aromatic N) is 4. The molecule has 100 valence electrons. The number of thiazole rings is 1. The van der Waals surface area contributed by atoms with Crippen LogP contribution >= 0.6 is 34.7 Å². The van der Waals surface area contributed by atoms with Crippen molar-refractivity contribution in [2.24, 2.45) is 0 Å². The summed E-state index contributed by atoms with van der Waals surface area (Å²) in [5.41, 5.74) is 0.493. The van der Waals surface area contributed by atoms with Crippen molar-refractivity contribution in [2.75, 3.05) is 7.11 Å². The maximum Gasteiger partial charge on any atom is 0.321 e. The van der Waals surface area contributed by atoms with Crippen LogP contribution in [0.1, 0.15) is 5.69 Å². The van der Waals surface area contributed by atoms with Crippen LogP contribution in [-0.2, 0) is 11.2 Å². The molecule has 2 aromatic rings. The maximum atomic E-state index is 10.6. The lowest BCUT2D eigenvalue weighted by Crippen LogP contribution is -2.00. The van der Waals surface area contributed by atoms with Crippen molar-refractivity contribution in [1.82, 2.24) is 19.9 Å². The van der Waals surface area contributed by atoms with Gasteiger partial charge in [0.1, 0.15) is 0 Å². The highest BCUT2D eigenvalue weighted by Gasteiger charge is 2.11. The van der Waals surface area contributed by atoms with Crippen molar-refractivity contribution in [1.29, 1.82) is 0 Å². The molecule has 2 aromatic heterocycles. The van der Waals surface area contributed by atoms with E-state index in [2.05, 4.69) is 19.9 Å². The minimum absolute atomic E-state index is 0.0247. The van der Waals surface area contributed by atoms with E-state index < -0.39 is 5.97 Å². The predicted octanol–water partition coefficient (Wildman–Crippen LogP) is 1.77. The smallest absolute Gasteiger partial charge is 0.321 e. The third-order valence-corrected chi connectivity index (χ3v) is 3.81. The monoisotopic (exact) mass is 318 g/mol. The van der Waals surface area contributed by atoms with E-state index in [-0.39, 0.29) is 17.7 Å². The normalized spacial score (nSPS) is 10.4. The topological polar surface area (TPSA) is 98.1 Å². The van der Waals surface area contributed by atoms with Gasteiger partial charge in [0.15, 0.2) is 4.34 Å². The Morgan fingerprint density at radius 2 is 2.26 bits per heavy atom. The van der Waals surface area contributed by atoms with E-state index in [9.17, 15) is 4.79 Å². The number of methoxy groups -OCH3 is 1. The Morgan fingerprint density at radius 1 is 1.47 bits per heavy atom. The molecule has 0 saturated carbocycles. The first-order valence-corrected chi connectivity index (χ1v) is 6.94. The van der Waals surface area contributed by atoms with Gasteiger partial charge in [-0.3, -0.25) is 4.79 Å². The molecule has 0 aliphatic rings. The van der Waals surface area contributed by atoms with Crippen LogP contribution < -0.4 is 4.74 Å². The van der Waals surface area contributed by atoms with Gasteiger partial charge >= 0.3 is 12.0 Å². The van der Waals surface area contributed by atoms with E-state index in [4.69, 9.17) is 21.4 Å². The first-order valence-electron chi connectivity index (χ1n) is 4.86. The molecule has 0 fully saturated rings. The lowest BCUT2D eigenvalue weighted by atomic mass is 10.3. The van der Waals surface area contributed by atoms with Crippen LogP contribution in [0.5, 0.6) is 6.01 Å². The molecule has 0 spiro atoms. The second-order valence-corrected chi connectivity index (χ2v) is 5.56. The number of aromatic nitrogens is 4. The largest absolute Gasteiger partial charge is 0.481 e. The van der Waals surface area contributed by atoms with Gasteiger partial charge in [0.2, 0.25) is 10.4 Å². The molecule has 1 N–H and O–H groups in total. The molecule has 0 saturated heterocycles. The average molecular weight is 319 g/mol. The fourth-order valence-electron chi connectivity index (χ4n) is 1.10. The van der Waals surface area contributed by atoms with Crippen molar-refractivity contribution >= 4 is 40.7 Å². The van der Waals surface area contributed by atoms with Crippen LogP contribution in [0, 0.1) is 0 Å². The molecule has 2 heterocycles. The molecule has 0 bridgehead atoms. The number of ether oxygens (including phenoxy) is 1. The molecule has 0 aromatic carbocycles. The second kappa shape index (κ2) is 6.13. The molecule has 19 heavy (non-hydrogen) atoms. The zero-order valence-corrected chi connectivity index (χ0v) is 11.9. The zero-order valence-electron chi connectivity index (χ0n) is 9.53. The van der Waals surface area contributed by atoms with E-state index in [0.717, 1.165) is 0 Å². The lowest BCUT2D eigenvalue weighted by molar-refractivity contribution is -0.136. The lowest BCUT2D eigenvalue weighted by Gasteiger charge is -2.00. The Morgan fingerprint density at radius 3 is 2.95 bits per heavy atom. The summed E-state index contributed by atoms with van der Waals surface area (Å²) in [6.45, 7) is 0. The number of aliphatic carboxylic acids is 1. The molecule has 0 atom stereocenters. The van der Waals surface area contributed by atoms with Crippen LogP contribution in [0.4, 0.5) is 0 Å². The van der Waals surface area contributed by atoms with Gasteiger partial charge in [-0.2, -0.15) is 15.0 Å². The summed E-state index contributed by atoms with van der Waals surface area (Å²) in [6, 6.07) is 0.116. The summed E-state index contributed by atoms with van der Waals surface area (Å²) < 4.78 is 5.50. The van der Waals surface area contributed by atoms with Crippen LogP contribution in [0.25, 0.3) is 0 Å². The van der Waals surface area contributed by atoms with E-state index in [0.29, 0.717) is 15.2 Å². The summed E-state index contributed by atoms with van der Waals surface area (Å²) >= 11 is 8.20. The van der Waals surface area contributed by atoms with Crippen LogP contribution in [-0.4, -0.2) is 38.1 Å². The van der Waals surface area contributed by atoms with Gasteiger partial charge in [0.05, 0.1) is 19.2 Å². The number of hydrogen-bond donors (Lipinski definition) is 1. The van der Waals surface area contributed by atoms with Crippen molar-refractivity contribution < 1.29 is 14.6 Å². The Balaban J connectivity index is 2.14. The molecule has 10 heteroatoms. The minimum Gasteiger partial charge on any atom is -0.481 e. The Kier molecular flexibility index (Phi) is 4.51. The standard InChI is InChI=1S/C9H7ClN4O3S2/c1-17-7-12-6(10)13-8(14-7)19-9-11-4(3-18-9)2-5(15)16/h3H,2H2,1H3,(H,15,16). The molecule has 0 unspecified atom stereocenters. The minimum atomic E-state index is -0.924. The molecule has 2 rings (SSSR count). The summed E-state index contributed by atoms with van der Waals surface area (Å²) in [5, 5.41) is 10.7. The Hall–Kier alpha value is -1.45. The van der Waals surface area contributed by atoms with Gasteiger partial charge < -0.3 is 9.84 Å². The summed E-state index contributed by atoms with van der Waals surface area (Å²) in [7, 11) is 1.43. The van der Waals surface area contributed by atoms with Crippen molar-refractivity contribution in [2.45, 2.75) is 15.9 Å². The van der Waals surface area contributed by atoms with Crippen LogP contribution in [0.15, 0.2) is 14.9 Å². The van der Waals surface area contributed by atoms with Crippen molar-refractivity contribution in [3.8, 4) is 6.01 Å². The first-order chi connectivity index (χ1) is 9.06. The highest BCUT2D eigenvalue weighted by Crippen LogP contribution is 2.29. The van der Waals surface area contributed by atoms with Gasteiger partial charge in [0.25, 0.3) is 0 Å². The highest BCUT2D eigenvalue weighted by atomic mass is 35.5. The van der Waals surface area contributed by atoms with Gasteiger partial charge in [0, 0.05) is 5.38 Å². The summed E-state index contributed by atoms with van der Waals surface area (Å²) in [4.78, 5) is 26.4. The Bertz CT molecular complexity index is 607. The van der Waals surface area contributed by atoms with Gasteiger partial charge in [-0.25, -0.2) is 4.98 Å². The quantitative estimate of drug-likeness (QED) is 0.890. The first kappa shape index (κ1) is 14.0. The SMILES string of the molecule is COc1nc(Cl)nc(Sc2nc(CC(=O)O)cs2)n1. The van der Waals surface area contributed by atoms with E-state index in [1.54, 1.807) is 5.38 Å². The molecule has 0 amide bonds. The van der Waals surface area contributed by atoms with E-state index in [1.165, 1.54) is 30.2 Å². The number of rotatable bonds is 5. The molecule has 0 aliphatic heterocycles. The van der Waals surface area contributed by atoms with Crippen LogP contribution in [0.2, 0.25) is 5.28 Å². The van der Waals surface area contributed by atoms with E-state index >= 15 is 0 Å². The maximum absolute atomic E-state index is 10.6. The third-order valence-electron chi connectivity index (χ3n) is 1.79. The Labute approximate surface area is 121 Å². The fourth-order valence-corrected chi connectivity index (χ4v) is 2.98. The highest BCUT2D eigenvalue weighted by molar-refractivity contribution is 8.00. The summed E-state index contributed by atoms with van der Waals surface area (Å²) in [6.07, 6.45) is -0.113. The zero-order chi connectivity index (χ0) is 13.8. The summed E-state index contributed by atoms with van der Waals surface area (Å²) in [5.74, 6) is -0.924. The molecule has 0 aliphatic carbocycles. The number of carboxylic acid groups (broad SMARTS) is 1. The number of carboxylic acids is 1. The number of hydrogen-bond acceptors (Lipinski definition) is 8. The molecule has 7 nitrogen and oxygen atoms in total. The van der Waals surface area contributed by atoms with E-state index in [1.807, 2.05) is 0 Å². The third kappa shape index (κ3) is 4.01. The fraction of sp³-hybridized carbons (Fsp3) is 0.222. The molecular formula is C9H7ClN4O3S2. The van der Waals surface area contributed by atoms with Gasteiger partial charge in [-0.15, -0.1) is 11.3 Å².